The first-order chi connectivity index (χ1) is 15.1. The highest BCUT2D eigenvalue weighted by atomic mass is 16.5. The van der Waals surface area contributed by atoms with E-state index in [1.54, 1.807) is 48.5 Å². The molecule has 0 atom stereocenters. The normalized spacial score (nSPS) is 12.6. The van der Waals surface area contributed by atoms with Gasteiger partial charge in [-0.15, -0.1) is 0 Å². The predicted octanol–water partition coefficient (Wildman–Crippen LogP) is 2.67. The molecule has 3 amide bonds. The lowest BCUT2D eigenvalue weighted by atomic mass is 10.2. The molecular formula is C23H21N3O5. The summed E-state index contributed by atoms with van der Waals surface area (Å²) in [6, 6.07) is 19.5. The molecule has 1 aliphatic heterocycles. The highest BCUT2D eigenvalue weighted by molar-refractivity contribution is 6.03. The van der Waals surface area contributed by atoms with Gasteiger partial charge in [0.15, 0.2) is 6.61 Å². The van der Waals surface area contributed by atoms with Crippen LogP contribution in [-0.2, 0) is 20.9 Å². The smallest absolute Gasteiger partial charge is 0.265 e. The van der Waals surface area contributed by atoms with Gasteiger partial charge in [-0.3, -0.25) is 19.3 Å². The van der Waals surface area contributed by atoms with Crippen LogP contribution < -0.4 is 15.0 Å². The molecule has 0 spiro atoms. The molecule has 1 aromatic heterocycles. The van der Waals surface area contributed by atoms with E-state index >= 15 is 0 Å². The number of carbonyl (C=O) groups excluding carboxylic acids is 3. The van der Waals surface area contributed by atoms with E-state index in [1.807, 2.05) is 18.2 Å². The average molecular weight is 419 g/mol. The number of rotatable bonds is 7. The summed E-state index contributed by atoms with van der Waals surface area (Å²) < 4.78 is 10.8. The molecule has 0 fully saturated rings. The minimum Gasteiger partial charge on any atom is -0.482 e. The summed E-state index contributed by atoms with van der Waals surface area (Å²) in [6.07, 6.45) is 1.50. The van der Waals surface area contributed by atoms with Gasteiger partial charge in [-0.1, -0.05) is 30.3 Å². The molecule has 0 unspecified atom stereocenters. The highest BCUT2D eigenvalue weighted by Crippen LogP contribution is 2.31. The lowest BCUT2D eigenvalue weighted by molar-refractivity contribution is -0.135. The van der Waals surface area contributed by atoms with E-state index in [9.17, 15) is 14.4 Å². The largest absolute Gasteiger partial charge is 0.482 e. The van der Waals surface area contributed by atoms with Gasteiger partial charge < -0.3 is 19.4 Å². The van der Waals surface area contributed by atoms with Crippen molar-refractivity contribution in [2.45, 2.75) is 6.54 Å². The molecule has 31 heavy (non-hydrogen) atoms. The maximum absolute atomic E-state index is 13.2. The van der Waals surface area contributed by atoms with Crippen LogP contribution in [0.5, 0.6) is 5.75 Å². The second kappa shape index (κ2) is 9.17. The van der Waals surface area contributed by atoms with Gasteiger partial charge in [-0.05, 0) is 36.4 Å². The van der Waals surface area contributed by atoms with Gasteiger partial charge in [-0.2, -0.15) is 0 Å². The van der Waals surface area contributed by atoms with Crippen molar-refractivity contribution >= 4 is 29.1 Å². The number of nitrogens with one attached hydrogen (secondary N) is 1. The summed E-state index contributed by atoms with van der Waals surface area (Å²) >= 11 is 0. The zero-order valence-electron chi connectivity index (χ0n) is 16.7. The highest BCUT2D eigenvalue weighted by Gasteiger charge is 2.29. The number of carbonyl (C=O) groups is 3. The first kappa shape index (κ1) is 20.2. The number of hydrogen-bond acceptors (Lipinski definition) is 5. The molecule has 0 saturated carbocycles. The zero-order chi connectivity index (χ0) is 21.6. The molecule has 0 bridgehead atoms. The van der Waals surface area contributed by atoms with Gasteiger partial charge in [0.2, 0.25) is 11.8 Å². The Kier molecular flexibility index (Phi) is 5.98. The van der Waals surface area contributed by atoms with Crippen molar-refractivity contribution in [2.75, 3.05) is 29.9 Å². The van der Waals surface area contributed by atoms with Crippen LogP contribution in [-0.4, -0.2) is 42.3 Å². The number of hydrogen-bond donors (Lipinski definition) is 1. The molecule has 3 aromatic rings. The van der Waals surface area contributed by atoms with Gasteiger partial charge in [0.05, 0.1) is 18.5 Å². The SMILES string of the molecule is O=C(CN(Cc1ccco1)C(=O)CN1C(=O)COc2ccccc21)Nc1ccccc1. The molecule has 158 valence electrons. The fraction of sp³-hybridized carbons (Fsp3) is 0.174. The second-order valence-corrected chi connectivity index (χ2v) is 6.98. The molecule has 1 aliphatic rings. The Morgan fingerprint density at radius 3 is 2.55 bits per heavy atom. The van der Waals surface area contributed by atoms with Crippen molar-refractivity contribution in [1.29, 1.82) is 0 Å². The standard InChI is InChI=1S/C23H21N3O5/c27-21(24-17-7-2-1-3-8-17)14-25(13-18-9-6-12-30-18)22(28)15-26-19-10-4-5-11-20(19)31-16-23(26)29/h1-12H,13-16H2,(H,24,27). The van der Waals surface area contributed by atoms with Crippen molar-refractivity contribution in [3.8, 4) is 5.75 Å². The van der Waals surface area contributed by atoms with Crippen LogP contribution in [0, 0.1) is 0 Å². The maximum atomic E-state index is 13.2. The molecule has 8 heteroatoms. The third-order valence-corrected chi connectivity index (χ3v) is 4.77. The number of fused-ring (bicyclic) bond motifs is 1. The molecule has 0 saturated heterocycles. The third kappa shape index (κ3) is 4.92. The Balaban J connectivity index is 1.50. The lowest BCUT2D eigenvalue weighted by Crippen LogP contribution is -2.47. The summed E-state index contributed by atoms with van der Waals surface area (Å²) in [6.45, 7) is -0.432. The fourth-order valence-electron chi connectivity index (χ4n) is 3.28. The molecule has 1 N–H and O–H groups in total. The topological polar surface area (TPSA) is 92.1 Å². The van der Waals surface area contributed by atoms with Gasteiger partial charge >= 0.3 is 0 Å². The number of furan rings is 1. The Morgan fingerprint density at radius 1 is 1.00 bits per heavy atom. The molecule has 0 radical (unpaired) electrons. The van der Waals surface area contributed by atoms with E-state index in [0.717, 1.165) is 0 Å². The van der Waals surface area contributed by atoms with Crippen molar-refractivity contribution in [2.24, 2.45) is 0 Å². The van der Waals surface area contributed by atoms with Crippen LogP contribution in [0.3, 0.4) is 0 Å². The summed E-state index contributed by atoms with van der Waals surface area (Å²) in [4.78, 5) is 40.9. The van der Waals surface area contributed by atoms with E-state index in [1.165, 1.54) is 16.1 Å². The first-order valence-corrected chi connectivity index (χ1v) is 9.77. The van der Waals surface area contributed by atoms with Crippen LogP contribution in [0.15, 0.2) is 77.4 Å². The Morgan fingerprint density at radius 2 is 1.77 bits per heavy atom. The molecule has 2 heterocycles. The van der Waals surface area contributed by atoms with E-state index in [2.05, 4.69) is 5.32 Å². The molecule has 2 aromatic carbocycles. The zero-order valence-corrected chi connectivity index (χ0v) is 16.7. The number of amides is 3. The number of benzene rings is 2. The maximum Gasteiger partial charge on any atom is 0.265 e. The van der Waals surface area contributed by atoms with Gasteiger partial charge in [0, 0.05) is 5.69 Å². The summed E-state index contributed by atoms with van der Waals surface area (Å²) in [5, 5.41) is 2.77. The monoisotopic (exact) mass is 419 g/mol. The van der Waals surface area contributed by atoms with Crippen molar-refractivity contribution in [1.82, 2.24) is 4.90 Å². The Bertz CT molecular complexity index is 1070. The van der Waals surface area contributed by atoms with E-state index in [-0.39, 0.29) is 44.0 Å². The lowest BCUT2D eigenvalue weighted by Gasteiger charge is -2.31. The van der Waals surface area contributed by atoms with E-state index in [4.69, 9.17) is 9.15 Å². The summed E-state index contributed by atoms with van der Waals surface area (Å²) in [5.74, 6) is 0.0204. The minimum atomic E-state index is -0.385. The van der Waals surface area contributed by atoms with Gasteiger partial charge in [0.1, 0.15) is 24.6 Å². The second-order valence-electron chi connectivity index (χ2n) is 6.98. The Hall–Kier alpha value is -4.07. The van der Waals surface area contributed by atoms with E-state index < -0.39 is 0 Å². The summed E-state index contributed by atoms with van der Waals surface area (Å²) in [7, 11) is 0. The third-order valence-electron chi connectivity index (χ3n) is 4.77. The van der Waals surface area contributed by atoms with Crippen LogP contribution in [0.25, 0.3) is 0 Å². The van der Waals surface area contributed by atoms with Crippen molar-refractivity contribution in [3.05, 3.63) is 78.8 Å². The van der Waals surface area contributed by atoms with Crippen LogP contribution >= 0.6 is 0 Å². The summed E-state index contributed by atoms with van der Waals surface area (Å²) in [5.41, 5.74) is 1.16. The van der Waals surface area contributed by atoms with Gasteiger partial charge in [0.25, 0.3) is 5.91 Å². The number of para-hydroxylation sites is 3. The number of ether oxygens (including phenoxy) is 1. The quantitative estimate of drug-likeness (QED) is 0.636. The molecule has 0 aliphatic carbocycles. The van der Waals surface area contributed by atoms with Crippen molar-refractivity contribution in [3.63, 3.8) is 0 Å². The average Bonchev–Trinajstić information content (AvgIpc) is 3.29. The van der Waals surface area contributed by atoms with Crippen LogP contribution in [0.1, 0.15) is 5.76 Å². The number of nitrogens with zero attached hydrogens (tertiary/aromatic N) is 2. The molecular weight excluding hydrogens is 398 g/mol. The number of anilines is 2. The van der Waals surface area contributed by atoms with Crippen LogP contribution in [0.2, 0.25) is 0 Å². The van der Waals surface area contributed by atoms with Crippen LogP contribution in [0.4, 0.5) is 11.4 Å². The fourth-order valence-corrected chi connectivity index (χ4v) is 3.28. The van der Waals surface area contributed by atoms with Gasteiger partial charge in [-0.25, -0.2) is 0 Å². The first-order valence-electron chi connectivity index (χ1n) is 9.77. The minimum absolute atomic E-state index is 0.105. The molecule has 4 rings (SSSR count). The Labute approximate surface area is 179 Å². The van der Waals surface area contributed by atoms with Crippen molar-refractivity contribution < 1.29 is 23.5 Å². The molecule has 8 nitrogen and oxygen atoms in total. The van der Waals surface area contributed by atoms with E-state index in [0.29, 0.717) is 22.9 Å². The predicted molar refractivity (Wildman–Crippen MR) is 113 cm³/mol.